The SMILES string of the molecule is COc1cccc(CNC[C@@H](O)[C@H](Cc2ccccc2)NC(=O)c2cccc(C(N)=O)c2)c1. The summed E-state index contributed by atoms with van der Waals surface area (Å²) in [5.74, 6) is -0.222. The molecule has 0 heterocycles. The Morgan fingerprint density at radius 2 is 1.64 bits per heavy atom. The molecule has 7 heteroatoms. The molecule has 3 aromatic carbocycles. The van der Waals surface area contributed by atoms with E-state index >= 15 is 0 Å². The fourth-order valence-corrected chi connectivity index (χ4v) is 3.51. The van der Waals surface area contributed by atoms with E-state index in [0.29, 0.717) is 18.5 Å². The number of nitrogens with one attached hydrogen (secondary N) is 2. The average molecular weight is 448 g/mol. The Morgan fingerprint density at radius 1 is 0.939 bits per heavy atom. The van der Waals surface area contributed by atoms with Gasteiger partial charge in [-0.1, -0.05) is 48.5 Å². The summed E-state index contributed by atoms with van der Waals surface area (Å²) in [6.07, 6.45) is -0.400. The van der Waals surface area contributed by atoms with E-state index < -0.39 is 18.1 Å². The summed E-state index contributed by atoms with van der Waals surface area (Å²) in [5.41, 5.74) is 7.90. The maximum atomic E-state index is 12.9. The minimum Gasteiger partial charge on any atom is -0.497 e. The third-order valence-electron chi connectivity index (χ3n) is 5.31. The molecule has 3 rings (SSSR count). The Kier molecular flexibility index (Phi) is 8.57. The Balaban J connectivity index is 1.68. The monoisotopic (exact) mass is 447 g/mol. The van der Waals surface area contributed by atoms with Crippen LogP contribution in [0.5, 0.6) is 5.75 Å². The van der Waals surface area contributed by atoms with E-state index in [-0.39, 0.29) is 18.0 Å². The molecule has 0 bridgehead atoms. The molecule has 2 amide bonds. The molecule has 5 N–H and O–H groups in total. The third kappa shape index (κ3) is 7.17. The van der Waals surface area contributed by atoms with Crippen molar-refractivity contribution in [3.05, 3.63) is 101 Å². The quantitative estimate of drug-likeness (QED) is 0.360. The number of aliphatic hydroxyl groups is 1. The molecule has 0 radical (unpaired) electrons. The van der Waals surface area contributed by atoms with E-state index in [1.54, 1.807) is 25.3 Å². The van der Waals surface area contributed by atoms with Crippen LogP contribution in [0.1, 0.15) is 31.8 Å². The molecule has 0 fully saturated rings. The van der Waals surface area contributed by atoms with E-state index in [1.165, 1.54) is 6.07 Å². The first kappa shape index (κ1) is 24.0. The van der Waals surface area contributed by atoms with Gasteiger partial charge in [0.05, 0.1) is 19.3 Å². The van der Waals surface area contributed by atoms with Crippen LogP contribution in [0.4, 0.5) is 0 Å². The first-order chi connectivity index (χ1) is 16.0. The molecule has 172 valence electrons. The standard InChI is InChI=1S/C26H29N3O4/c1-33-22-12-5-9-19(13-22)16-28-17-24(30)23(14-18-7-3-2-4-8-18)29-26(32)21-11-6-10-20(15-21)25(27)31/h2-13,15,23-24,28,30H,14,16-17H2,1H3,(H2,27,31)(H,29,32)/t23-,24+/m0/s1. The van der Waals surface area contributed by atoms with Crippen molar-refractivity contribution in [3.63, 3.8) is 0 Å². The molecule has 0 aliphatic carbocycles. The number of hydrogen-bond acceptors (Lipinski definition) is 5. The Morgan fingerprint density at radius 3 is 2.36 bits per heavy atom. The molecule has 0 aromatic heterocycles. The number of hydrogen-bond donors (Lipinski definition) is 4. The van der Waals surface area contributed by atoms with Gasteiger partial charge in [-0.3, -0.25) is 9.59 Å². The molecule has 0 saturated carbocycles. The van der Waals surface area contributed by atoms with Crippen molar-refractivity contribution in [3.8, 4) is 5.75 Å². The molecular weight excluding hydrogens is 418 g/mol. The molecule has 3 aromatic rings. The predicted molar refractivity (Wildman–Crippen MR) is 127 cm³/mol. The van der Waals surface area contributed by atoms with Gasteiger partial charge in [0.1, 0.15) is 5.75 Å². The molecule has 0 spiro atoms. The van der Waals surface area contributed by atoms with E-state index in [4.69, 9.17) is 10.5 Å². The third-order valence-corrected chi connectivity index (χ3v) is 5.31. The first-order valence-corrected chi connectivity index (χ1v) is 10.7. The maximum absolute atomic E-state index is 12.9. The van der Waals surface area contributed by atoms with Crippen molar-refractivity contribution in [1.82, 2.24) is 10.6 Å². The van der Waals surface area contributed by atoms with Gasteiger partial charge in [0.15, 0.2) is 0 Å². The fraction of sp³-hybridized carbons (Fsp3) is 0.231. The Bertz CT molecular complexity index is 1070. The van der Waals surface area contributed by atoms with Crippen molar-refractivity contribution in [2.75, 3.05) is 13.7 Å². The molecule has 2 atom stereocenters. The highest BCUT2D eigenvalue weighted by Crippen LogP contribution is 2.13. The Labute approximate surface area is 193 Å². The lowest BCUT2D eigenvalue weighted by atomic mass is 10.00. The van der Waals surface area contributed by atoms with Crippen molar-refractivity contribution in [1.29, 1.82) is 0 Å². The van der Waals surface area contributed by atoms with Gasteiger partial charge < -0.3 is 26.2 Å². The van der Waals surface area contributed by atoms with Crippen LogP contribution in [0.25, 0.3) is 0 Å². The van der Waals surface area contributed by atoms with Crippen molar-refractivity contribution < 1.29 is 19.4 Å². The molecule has 0 aliphatic rings. The van der Waals surface area contributed by atoms with E-state index in [2.05, 4.69) is 10.6 Å². The van der Waals surface area contributed by atoms with Gasteiger partial charge in [-0.25, -0.2) is 0 Å². The van der Waals surface area contributed by atoms with Crippen LogP contribution < -0.4 is 21.1 Å². The van der Waals surface area contributed by atoms with Crippen LogP contribution in [-0.2, 0) is 13.0 Å². The van der Waals surface area contributed by atoms with Crippen molar-refractivity contribution in [2.24, 2.45) is 5.73 Å². The van der Waals surface area contributed by atoms with E-state index in [9.17, 15) is 14.7 Å². The van der Waals surface area contributed by atoms with Crippen LogP contribution >= 0.6 is 0 Å². The minimum atomic E-state index is -0.848. The molecule has 0 unspecified atom stereocenters. The lowest BCUT2D eigenvalue weighted by Crippen LogP contribution is -2.48. The highest BCUT2D eigenvalue weighted by molar-refractivity contribution is 5.99. The number of carbonyl (C=O) groups is 2. The highest BCUT2D eigenvalue weighted by Gasteiger charge is 2.22. The van der Waals surface area contributed by atoms with E-state index in [0.717, 1.165) is 16.9 Å². The van der Waals surface area contributed by atoms with Crippen LogP contribution in [0.2, 0.25) is 0 Å². The lowest BCUT2D eigenvalue weighted by Gasteiger charge is -2.25. The van der Waals surface area contributed by atoms with Crippen molar-refractivity contribution >= 4 is 11.8 Å². The topological polar surface area (TPSA) is 114 Å². The summed E-state index contributed by atoms with van der Waals surface area (Å²) < 4.78 is 5.24. The summed E-state index contributed by atoms with van der Waals surface area (Å²) in [6.45, 7) is 0.817. The van der Waals surface area contributed by atoms with E-state index in [1.807, 2.05) is 54.6 Å². The zero-order valence-electron chi connectivity index (χ0n) is 18.5. The smallest absolute Gasteiger partial charge is 0.251 e. The van der Waals surface area contributed by atoms with Crippen molar-refractivity contribution in [2.45, 2.75) is 25.1 Å². The van der Waals surface area contributed by atoms with Crippen LogP contribution in [-0.4, -0.2) is 42.7 Å². The fourth-order valence-electron chi connectivity index (χ4n) is 3.51. The Hall–Kier alpha value is -3.68. The second-order valence-corrected chi connectivity index (χ2v) is 7.76. The number of primary amides is 1. The molecule has 33 heavy (non-hydrogen) atoms. The first-order valence-electron chi connectivity index (χ1n) is 10.7. The number of carbonyl (C=O) groups excluding carboxylic acids is 2. The van der Waals surface area contributed by atoms with Gasteiger partial charge >= 0.3 is 0 Å². The van der Waals surface area contributed by atoms with Crippen LogP contribution in [0.3, 0.4) is 0 Å². The zero-order chi connectivity index (χ0) is 23.6. The number of rotatable bonds is 11. The number of benzene rings is 3. The molecular formula is C26H29N3O4. The summed E-state index contributed by atoms with van der Waals surface area (Å²) in [7, 11) is 1.62. The van der Waals surface area contributed by atoms with Gasteiger partial charge in [0, 0.05) is 24.2 Å². The summed E-state index contributed by atoms with van der Waals surface area (Å²) in [4.78, 5) is 24.3. The summed E-state index contributed by atoms with van der Waals surface area (Å²) in [6, 6.07) is 23.0. The molecule has 7 nitrogen and oxygen atoms in total. The number of aliphatic hydroxyl groups excluding tert-OH is 1. The lowest BCUT2D eigenvalue weighted by molar-refractivity contribution is 0.0830. The predicted octanol–water partition coefficient (Wildman–Crippen LogP) is 2.29. The second-order valence-electron chi connectivity index (χ2n) is 7.76. The van der Waals surface area contributed by atoms with Crippen LogP contribution in [0.15, 0.2) is 78.9 Å². The van der Waals surface area contributed by atoms with Crippen LogP contribution in [0, 0.1) is 0 Å². The van der Waals surface area contributed by atoms with Gasteiger partial charge in [-0.15, -0.1) is 0 Å². The summed E-state index contributed by atoms with van der Waals surface area (Å²) in [5, 5.41) is 17.1. The molecule has 0 saturated heterocycles. The minimum absolute atomic E-state index is 0.253. The maximum Gasteiger partial charge on any atom is 0.251 e. The van der Waals surface area contributed by atoms with Gasteiger partial charge in [0.25, 0.3) is 5.91 Å². The number of ether oxygens (including phenoxy) is 1. The number of methoxy groups -OCH3 is 1. The zero-order valence-corrected chi connectivity index (χ0v) is 18.5. The highest BCUT2D eigenvalue weighted by atomic mass is 16.5. The average Bonchev–Trinajstić information content (AvgIpc) is 2.84. The number of nitrogens with two attached hydrogens (primary N) is 1. The van der Waals surface area contributed by atoms with Gasteiger partial charge in [-0.05, 0) is 47.9 Å². The molecule has 0 aliphatic heterocycles. The second kappa shape index (κ2) is 11.8. The summed E-state index contributed by atoms with van der Waals surface area (Å²) >= 11 is 0. The van der Waals surface area contributed by atoms with Gasteiger partial charge in [-0.2, -0.15) is 0 Å². The largest absolute Gasteiger partial charge is 0.497 e. The van der Waals surface area contributed by atoms with Gasteiger partial charge in [0.2, 0.25) is 5.91 Å². The normalized spacial score (nSPS) is 12.5. The number of amides is 2.